The van der Waals surface area contributed by atoms with Crippen LogP contribution in [0.5, 0.6) is 5.75 Å². The molecule has 0 unspecified atom stereocenters. The number of sulfonamides is 1. The summed E-state index contributed by atoms with van der Waals surface area (Å²) in [5, 5.41) is 0. The molecule has 0 bridgehead atoms. The van der Waals surface area contributed by atoms with E-state index in [1.165, 1.54) is 25.3 Å². The largest absolute Gasteiger partial charge is 0.495 e. The molecule has 2 aromatic carbocycles. The number of aryl methyl sites for hydroxylation is 1. The van der Waals surface area contributed by atoms with Crippen molar-refractivity contribution in [1.29, 1.82) is 0 Å². The van der Waals surface area contributed by atoms with E-state index in [0.717, 1.165) is 21.8 Å². The standard InChI is InChI=1S/C20H19N3O6S2/c1-3-22-14-6-4-12(10-17(14)30-20(22)26)21-31(27,28)13-5-7-16(29-2)15(11-13)23-18(24)8-9-19(23)25/h4-7,10-11,21H,3,8-9H2,1-2H3. The van der Waals surface area contributed by atoms with E-state index in [-0.39, 0.29) is 34.0 Å². The number of fused-ring (bicyclic) bond motifs is 1. The summed E-state index contributed by atoms with van der Waals surface area (Å²) in [5.41, 5.74) is 1.12. The molecule has 1 fully saturated rings. The third-order valence-corrected chi connectivity index (χ3v) is 7.31. The van der Waals surface area contributed by atoms with Crippen LogP contribution in [0.25, 0.3) is 10.2 Å². The first kappa shape index (κ1) is 21.1. The lowest BCUT2D eigenvalue weighted by Crippen LogP contribution is -2.29. The summed E-state index contributed by atoms with van der Waals surface area (Å²) in [5.74, 6) is -0.604. The first-order valence-corrected chi connectivity index (χ1v) is 11.7. The van der Waals surface area contributed by atoms with E-state index in [2.05, 4.69) is 4.72 Å². The van der Waals surface area contributed by atoms with Crippen LogP contribution >= 0.6 is 11.3 Å². The lowest BCUT2D eigenvalue weighted by Gasteiger charge is -2.18. The number of nitrogens with zero attached hydrogens (tertiary/aromatic N) is 2. The van der Waals surface area contributed by atoms with Gasteiger partial charge >= 0.3 is 4.87 Å². The lowest BCUT2D eigenvalue weighted by atomic mass is 10.2. The number of carbonyl (C=O) groups is 2. The maximum atomic E-state index is 13.0. The quantitative estimate of drug-likeness (QED) is 0.564. The number of carbonyl (C=O) groups excluding carboxylic acids is 2. The van der Waals surface area contributed by atoms with E-state index in [9.17, 15) is 22.8 Å². The molecule has 1 N–H and O–H groups in total. The van der Waals surface area contributed by atoms with Gasteiger partial charge in [0.15, 0.2) is 0 Å². The molecule has 1 aliphatic heterocycles. The number of hydrogen-bond donors (Lipinski definition) is 1. The minimum atomic E-state index is -4.04. The smallest absolute Gasteiger partial charge is 0.308 e. The molecular formula is C20H19N3O6S2. The van der Waals surface area contributed by atoms with Crippen molar-refractivity contribution in [3.63, 3.8) is 0 Å². The number of rotatable bonds is 6. The first-order valence-electron chi connectivity index (χ1n) is 9.45. The molecule has 0 spiro atoms. The van der Waals surface area contributed by atoms with Gasteiger partial charge in [-0.25, -0.2) is 13.3 Å². The first-order chi connectivity index (χ1) is 14.7. The number of benzene rings is 2. The fraction of sp³-hybridized carbons (Fsp3) is 0.250. The zero-order valence-corrected chi connectivity index (χ0v) is 18.4. The summed E-state index contributed by atoms with van der Waals surface area (Å²) in [6, 6.07) is 8.85. The Labute approximate surface area is 181 Å². The second-order valence-electron chi connectivity index (χ2n) is 6.86. The van der Waals surface area contributed by atoms with Gasteiger partial charge in [-0.2, -0.15) is 0 Å². The van der Waals surface area contributed by atoms with Crippen molar-refractivity contribution < 1.29 is 22.7 Å². The zero-order valence-electron chi connectivity index (χ0n) is 16.7. The molecule has 1 aromatic heterocycles. The number of anilines is 2. The Morgan fingerprint density at radius 2 is 1.77 bits per heavy atom. The number of aromatic nitrogens is 1. The van der Waals surface area contributed by atoms with Crippen molar-refractivity contribution in [1.82, 2.24) is 4.57 Å². The average molecular weight is 462 g/mol. The van der Waals surface area contributed by atoms with Crippen LogP contribution in [0.2, 0.25) is 0 Å². The third kappa shape index (κ3) is 3.70. The molecular weight excluding hydrogens is 442 g/mol. The fourth-order valence-electron chi connectivity index (χ4n) is 3.50. The normalized spacial score (nSPS) is 14.5. The van der Waals surface area contributed by atoms with Gasteiger partial charge in [0.05, 0.1) is 33.6 Å². The van der Waals surface area contributed by atoms with Gasteiger partial charge in [-0.15, -0.1) is 0 Å². The SMILES string of the molecule is CCn1c(=O)sc2cc(NS(=O)(=O)c3ccc(OC)c(N4C(=O)CCC4=O)c3)ccc21. The molecule has 0 saturated carbocycles. The number of thiazole rings is 1. The van der Waals surface area contributed by atoms with Gasteiger partial charge in [-0.05, 0) is 43.3 Å². The topological polar surface area (TPSA) is 115 Å². The molecule has 2 heterocycles. The molecule has 31 heavy (non-hydrogen) atoms. The number of ether oxygens (including phenoxy) is 1. The Balaban J connectivity index is 1.71. The monoisotopic (exact) mass is 461 g/mol. The molecule has 0 radical (unpaired) electrons. The van der Waals surface area contributed by atoms with E-state index >= 15 is 0 Å². The van der Waals surface area contributed by atoms with Crippen LogP contribution in [0.15, 0.2) is 46.1 Å². The van der Waals surface area contributed by atoms with E-state index < -0.39 is 21.8 Å². The number of imide groups is 1. The van der Waals surface area contributed by atoms with Crippen LogP contribution in [-0.4, -0.2) is 31.9 Å². The van der Waals surface area contributed by atoms with Crippen molar-refractivity contribution in [2.75, 3.05) is 16.7 Å². The second-order valence-corrected chi connectivity index (χ2v) is 9.53. The number of methoxy groups -OCH3 is 1. The fourth-order valence-corrected chi connectivity index (χ4v) is 5.56. The van der Waals surface area contributed by atoms with Crippen molar-refractivity contribution >= 4 is 54.8 Å². The molecule has 9 nitrogen and oxygen atoms in total. The highest BCUT2D eigenvalue weighted by molar-refractivity contribution is 7.92. The molecule has 0 atom stereocenters. The van der Waals surface area contributed by atoms with Gasteiger partial charge in [0, 0.05) is 19.4 Å². The number of nitrogens with one attached hydrogen (secondary N) is 1. The predicted octanol–water partition coefficient (Wildman–Crippen LogP) is 2.55. The van der Waals surface area contributed by atoms with E-state index in [1.807, 2.05) is 6.92 Å². The van der Waals surface area contributed by atoms with Crippen molar-refractivity contribution in [2.45, 2.75) is 31.2 Å². The Hall–Kier alpha value is -3.18. The number of amides is 2. The summed E-state index contributed by atoms with van der Waals surface area (Å²) in [7, 11) is -2.66. The maximum absolute atomic E-state index is 13.0. The van der Waals surface area contributed by atoms with Gasteiger partial charge < -0.3 is 4.74 Å². The van der Waals surface area contributed by atoms with Gasteiger partial charge in [0.2, 0.25) is 11.8 Å². The summed E-state index contributed by atoms with van der Waals surface area (Å²) >= 11 is 1.04. The summed E-state index contributed by atoms with van der Waals surface area (Å²) in [6.45, 7) is 2.38. The molecule has 1 saturated heterocycles. The highest BCUT2D eigenvalue weighted by Crippen LogP contribution is 2.35. The van der Waals surface area contributed by atoms with Crippen LogP contribution in [0, 0.1) is 0 Å². The third-order valence-electron chi connectivity index (χ3n) is 4.99. The molecule has 11 heteroatoms. The van der Waals surface area contributed by atoms with Gasteiger partial charge in [-0.1, -0.05) is 11.3 Å². The molecule has 2 amide bonds. The van der Waals surface area contributed by atoms with Crippen LogP contribution in [0.1, 0.15) is 19.8 Å². The van der Waals surface area contributed by atoms with Crippen LogP contribution in [-0.2, 0) is 26.2 Å². The molecule has 0 aliphatic carbocycles. The minimum Gasteiger partial charge on any atom is -0.495 e. The van der Waals surface area contributed by atoms with Crippen LogP contribution in [0.3, 0.4) is 0 Å². The van der Waals surface area contributed by atoms with E-state index in [0.29, 0.717) is 16.9 Å². The summed E-state index contributed by atoms with van der Waals surface area (Å²) in [4.78, 5) is 37.0. The van der Waals surface area contributed by atoms with Gasteiger partial charge in [0.25, 0.3) is 10.0 Å². The minimum absolute atomic E-state index is 0.0670. The molecule has 3 aromatic rings. The molecule has 4 rings (SSSR count). The van der Waals surface area contributed by atoms with Crippen LogP contribution < -0.4 is 19.2 Å². The molecule has 1 aliphatic rings. The zero-order chi connectivity index (χ0) is 22.3. The van der Waals surface area contributed by atoms with Crippen molar-refractivity contribution in [2.24, 2.45) is 0 Å². The average Bonchev–Trinajstić information content (AvgIpc) is 3.23. The van der Waals surface area contributed by atoms with E-state index in [1.54, 1.807) is 22.8 Å². The Bertz CT molecular complexity index is 1360. The van der Waals surface area contributed by atoms with Crippen molar-refractivity contribution in [3.05, 3.63) is 46.1 Å². The highest BCUT2D eigenvalue weighted by Gasteiger charge is 2.33. The van der Waals surface area contributed by atoms with Crippen molar-refractivity contribution in [3.8, 4) is 5.75 Å². The lowest BCUT2D eigenvalue weighted by molar-refractivity contribution is -0.121. The van der Waals surface area contributed by atoms with Gasteiger partial charge in [-0.3, -0.25) is 23.7 Å². The maximum Gasteiger partial charge on any atom is 0.308 e. The summed E-state index contributed by atoms with van der Waals surface area (Å²) < 4.78 is 36.0. The van der Waals surface area contributed by atoms with E-state index in [4.69, 9.17) is 4.74 Å². The molecule has 162 valence electrons. The summed E-state index contributed by atoms with van der Waals surface area (Å²) in [6.07, 6.45) is 0.134. The Morgan fingerprint density at radius 3 is 2.42 bits per heavy atom. The second kappa shape index (κ2) is 7.82. The Morgan fingerprint density at radius 1 is 1.06 bits per heavy atom. The van der Waals surface area contributed by atoms with Crippen LogP contribution in [0.4, 0.5) is 11.4 Å². The highest BCUT2D eigenvalue weighted by atomic mass is 32.2. The Kier molecular flexibility index (Phi) is 5.31. The number of hydrogen-bond acceptors (Lipinski definition) is 7. The van der Waals surface area contributed by atoms with Gasteiger partial charge in [0.1, 0.15) is 5.75 Å². The predicted molar refractivity (Wildman–Crippen MR) is 117 cm³/mol.